The summed E-state index contributed by atoms with van der Waals surface area (Å²) in [5.74, 6) is 0.863. The number of aromatic nitrogens is 4. The first-order valence-corrected chi connectivity index (χ1v) is 7.63. The molecule has 0 bridgehead atoms. The first-order valence-electron chi connectivity index (χ1n) is 6.19. The van der Waals surface area contributed by atoms with Crippen molar-refractivity contribution in [2.45, 2.75) is 31.3 Å². The molecule has 0 aliphatic rings. The predicted molar refractivity (Wildman–Crippen MR) is 70.2 cm³/mol. The van der Waals surface area contributed by atoms with Crippen LogP contribution in [0, 0.1) is 0 Å². The Morgan fingerprint density at radius 2 is 2.20 bits per heavy atom. The van der Waals surface area contributed by atoms with Crippen molar-refractivity contribution in [2.75, 3.05) is 7.05 Å². The molecule has 0 amide bonds. The van der Waals surface area contributed by atoms with Crippen LogP contribution < -0.4 is 0 Å². The van der Waals surface area contributed by atoms with Crippen LogP contribution >= 0.6 is 0 Å². The molecule has 20 heavy (non-hydrogen) atoms. The summed E-state index contributed by atoms with van der Waals surface area (Å²) in [7, 11) is -0.484. The van der Waals surface area contributed by atoms with Crippen molar-refractivity contribution < 1.29 is 12.9 Å². The lowest BCUT2D eigenvalue weighted by Crippen LogP contribution is -2.27. The molecule has 0 N–H and O–H groups in total. The van der Waals surface area contributed by atoms with Gasteiger partial charge in [-0.3, -0.25) is 0 Å². The highest BCUT2D eigenvalue weighted by Crippen LogP contribution is 2.14. The molecule has 0 unspecified atom stereocenters. The van der Waals surface area contributed by atoms with Crippen LogP contribution in [0.2, 0.25) is 0 Å². The molecular formula is C11H17N5O3S. The van der Waals surface area contributed by atoms with E-state index in [2.05, 4.69) is 15.1 Å². The molecule has 2 heterocycles. The SMILES string of the molecule is CCCc1noc(CN(C)S(=O)(=O)c2cn(C)cn2)n1. The molecule has 0 spiro atoms. The van der Waals surface area contributed by atoms with Crippen molar-refractivity contribution >= 4 is 10.0 Å². The zero-order valence-corrected chi connectivity index (χ0v) is 12.5. The Kier molecular flexibility index (Phi) is 4.19. The summed E-state index contributed by atoms with van der Waals surface area (Å²) in [4.78, 5) is 7.99. The van der Waals surface area contributed by atoms with E-state index in [1.54, 1.807) is 11.6 Å². The third-order valence-electron chi connectivity index (χ3n) is 2.70. The van der Waals surface area contributed by atoms with Crippen LogP contribution in [0.25, 0.3) is 0 Å². The van der Waals surface area contributed by atoms with E-state index in [9.17, 15) is 8.42 Å². The summed E-state index contributed by atoms with van der Waals surface area (Å²) in [6.07, 6.45) is 4.50. The van der Waals surface area contributed by atoms with E-state index >= 15 is 0 Å². The average molecular weight is 299 g/mol. The summed E-state index contributed by atoms with van der Waals surface area (Å²) in [5.41, 5.74) is 0. The normalized spacial score (nSPS) is 12.2. The Labute approximate surface area is 117 Å². The van der Waals surface area contributed by atoms with E-state index < -0.39 is 10.0 Å². The monoisotopic (exact) mass is 299 g/mol. The number of sulfonamides is 1. The largest absolute Gasteiger partial charge is 0.339 e. The third kappa shape index (κ3) is 3.05. The predicted octanol–water partition coefficient (Wildman–Crippen LogP) is 0.576. The maximum Gasteiger partial charge on any atom is 0.262 e. The average Bonchev–Trinajstić information content (AvgIpc) is 2.99. The van der Waals surface area contributed by atoms with Crippen LogP contribution in [0.5, 0.6) is 0 Å². The quantitative estimate of drug-likeness (QED) is 0.774. The van der Waals surface area contributed by atoms with Crippen LogP contribution in [0.15, 0.2) is 22.1 Å². The van der Waals surface area contributed by atoms with Crippen molar-refractivity contribution in [1.29, 1.82) is 0 Å². The van der Waals surface area contributed by atoms with Gasteiger partial charge in [0.2, 0.25) is 5.89 Å². The van der Waals surface area contributed by atoms with Crippen molar-refractivity contribution in [3.05, 3.63) is 24.2 Å². The molecule has 9 heteroatoms. The van der Waals surface area contributed by atoms with Crippen molar-refractivity contribution in [3.63, 3.8) is 0 Å². The standard InChI is InChI=1S/C11H17N5O3S/c1-4-5-9-13-10(19-14-9)6-16(3)20(17,18)11-7-15(2)8-12-11/h7-8H,4-6H2,1-3H3. The number of imidazole rings is 1. The fourth-order valence-electron chi connectivity index (χ4n) is 1.64. The Balaban J connectivity index is 2.12. The van der Waals surface area contributed by atoms with Gasteiger partial charge in [0.15, 0.2) is 10.9 Å². The van der Waals surface area contributed by atoms with Gasteiger partial charge in [0.1, 0.15) is 0 Å². The van der Waals surface area contributed by atoms with Gasteiger partial charge in [0.25, 0.3) is 10.0 Å². The second-order valence-corrected chi connectivity index (χ2v) is 6.48. The Morgan fingerprint density at radius 3 is 2.80 bits per heavy atom. The minimum absolute atomic E-state index is 0.00389. The molecular weight excluding hydrogens is 282 g/mol. The van der Waals surface area contributed by atoms with Crippen molar-refractivity contribution in [3.8, 4) is 0 Å². The Bertz CT molecular complexity index is 676. The van der Waals surface area contributed by atoms with Crippen molar-refractivity contribution in [2.24, 2.45) is 7.05 Å². The van der Waals surface area contributed by atoms with E-state index in [1.165, 1.54) is 19.6 Å². The Morgan fingerprint density at radius 1 is 1.45 bits per heavy atom. The molecule has 0 aromatic carbocycles. The Hall–Kier alpha value is -1.74. The molecule has 2 aromatic rings. The molecule has 2 rings (SSSR count). The highest BCUT2D eigenvalue weighted by Gasteiger charge is 2.25. The second kappa shape index (κ2) is 5.71. The minimum atomic E-state index is -3.65. The van der Waals surface area contributed by atoms with Crippen LogP contribution in [-0.4, -0.2) is 39.5 Å². The van der Waals surface area contributed by atoms with Crippen LogP contribution in [0.1, 0.15) is 25.1 Å². The first-order chi connectivity index (χ1) is 9.43. The third-order valence-corrected chi connectivity index (χ3v) is 4.39. The maximum absolute atomic E-state index is 12.2. The van der Waals surface area contributed by atoms with Gasteiger partial charge in [-0.05, 0) is 6.42 Å². The zero-order valence-electron chi connectivity index (χ0n) is 11.6. The zero-order chi connectivity index (χ0) is 14.8. The van der Waals surface area contributed by atoms with Gasteiger partial charge in [-0.1, -0.05) is 12.1 Å². The molecule has 8 nitrogen and oxygen atoms in total. The first kappa shape index (κ1) is 14.7. The van der Waals surface area contributed by atoms with Crippen LogP contribution in [0.4, 0.5) is 0 Å². The van der Waals surface area contributed by atoms with E-state index in [-0.39, 0.29) is 17.5 Å². The molecule has 0 saturated heterocycles. The highest BCUT2D eigenvalue weighted by atomic mass is 32.2. The molecule has 2 aromatic heterocycles. The fraction of sp³-hybridized carbons (Fsp3) is 0.545. The number of aryl methyl sites for hydroxylation is 2. The van der Waals surface area contributed by atoms with Gasteiger partial charge >= 0.3 is 0 Å². The van der Waals surface area contributed by atoms with E-state index in [0.29, 0.717) is 12.2 Å². The summed E-state index contributed by atoms with van der Waals surface area (Å²) < 4.78 is 32.2. The maximum atomic E-state index is 12.2. The summed E-state index contributed by atoms with van der Waals surface area (Å²) in [6.45, 7) is 2.03. The number of rotatable bonds is 6. The molecule has 110 valence electrons. The minimum Gasteiger partial charge on any atom is -0.339 e. The number of nitrogens with zero attached hydrogens (tertiary/aromatic N) is 5. The summed E-state index contributed by atoms with van der Waals surface area (Å²) in [6, 6.07) is 0. The smallest absolute Gasteiger partial charge is 0.262 e. The molecule has 0 fully saturated rings. The molecule has 0 aliphatic heterocycles. The van der Waals surface area contributed by atoms with E-state index in [0.717, 1.165) is 10.7 Å². The number of hydrogen-bond donors (Lipinski definition) is 0. The van der Waals surface area contributed by atoms with Gasteiger partial charge in [0.05, 0.1) is 12.9 Å². The van der Waals surface area contributed by atoms with Gasteiger partial charge in [-0.25, -0.2) is 13.4 Å². The fourth-order valence-corrected chi connectivity index (χ4v) is 2.72. The van der Waals surface area contributed by atoms with E-state index in [4.69, 9.17) is 4.52 Å². The van der Waals surface area contributed by atoms with Gasteiger partial charge in [0, 0.05) is 26.7 Å². The van der Waals surface area contributed by atoms with Crippen LogP contribution in [0.3, 0.4) is 0 Å². The second-order valence-electron chi connectivity index (χ2n) is 4.49. The topological polar surface area (TPSA) is 94.1 Å². The van der Waals surface area contributed by atoms with Crippen LogP contribution in [-0.2, 0) is 30.0 Å². The van der Waals surface area contributed by atoms with E-state index in [1.807, 2.05) is 6.92 Å². The van der Waals surface area contributed by atoms with Crippen molar-refractivity contribution in [1.82, 2.24) is 24.0 Å². The van der Waals surface area contributed by atoms with Gasteiger partial charge in [-0.15, -0.1) is 0 Å². The van der Waals surface area contributed by atoms with Gasteiger partial charge < -0.3 is 9.09 Å². The molecule has 0 aliphatic carbocycles. The molecule has 0 saturated carbocycles. The van der Waals surface area contributed by atoms with Gasteiger partial charge in [-0.2, -0.15) is 9.29 Å². The lowest BCUT2D eigenvalue weighted by atomic mass is 10.3. The lowest BCUT2D eigenvalue weighted by Gasteiger charge is -2.12. The summed E-state index contributed by atoms with van der Waals surface area (Å²) in [5, 5.41) is 3.79. The molecule has 0 radical (unpaired) electrons. The molecule has 0 atom stereocenters. The summed E-state index contributed by atoms with van der Waals surface area (Å²) >= 11 is 0. The number of hydrogen-bond acceptors (Lipinski definition) is 6. The lowest BCUT2D eigenvalue weighted by molar-refractivity contribution is 0.333. The highest BCUT2D eigenvalue weighted by molar-refractivity contribution is 7.89.